The second kappa shape index (κ2) is 7.27. The van der Waals surface area contributed by atoms with Crippen LogP contribution in [-0.2, 0) is 9.84 Å². The molecule has 118 valence electrons. The van der Waals surface area contributed by atoms with Crippen LogP contribution in [0.1, 0.15) is 39.0 Å². The second-order valence-electron chi connectivity index (χ2n) is 5.76. The van der Waals surface area contributed by atoms with E-state index in [-0.39, 0.29) is 24.3 Å². The highest BCUT2D eigenvalue weighted by Crippen LogP contribution is 2.26. The van der Waals surface area contributed by atoms with Crippen LogP contribution in [0.4, 0.5) is 5.69 Å². The zero-order chi connectivity index (χ0) is 15.3. The molecule has 1 aromatic rings. The van der Waals surface area contributed by atoms with Crippen molar-refractivity contribution in [1.82, 2.24) is 0 Å². The summed E-state index contributed by atoms with van der Waals surface area (Å²) in [5.41, 5.74) is 0.926. The summed E-state index contributed by atoms with van der Waals surface area (Å²) in [5.74, 6) is 0.404. The van der Waals surface area contributed by atoms with Crippen molar-refractivity contribution in [3.63, 3.8) is 0 Å². The molecular weight excluding hydrogens is 286 g/mol. The maximum Gasteiger partial charge on any atom is 0.178 e. The van der Waals surface area contributed by atoms with E-state index in [4.69, 9.17) is 0 Å². The van der Waals surface area contributed by atoms with Crippen molar-refractivity contribution in [2.45, 2.75) is 50.0 Å². The number of nitrogens with one attached hydrogen (secondary N) is 1. The Hall–Kier alpha value is -1.07. The predicted octanol–water partition coefficient (Wildman–Crippen LogP) is 2.83. The van der Waals surface area contributed by atoms with Crippen molar-refractivity contribution in [3.8, 4) is 0 Å². The lowest BCUT2D eigenvalue weighted by Crippen LogP contribution is -2.30. The maximum atomic E-state index is 11.8. The molecule has 1 fully saturated rings. The summed E-state index contributed by atoms with van der Waals surface area (Å²) >= 11 is 0. The summed E-state index contributed by atoms with van der Waals surface area (Å²) in [6.07, 6.45) is 5.69. The standard InChI is InChI=1S/C16H25NO3S/c1-2-21(19,20)15-10-8-14(9-11-15)17-16-7-5-3-4-6-13(16)12-18/h8-11,13,16-18H,2-7,12H2,1H3/t13-,16-/m0/s1. The molecule has 1 saturated carbocycles. The van der Waals surface area contributed by atoms with Gasteiger partial charge in [-0.2, -0.15) is 0 Å². The van der Waals surface area contributed by atoms with E-state index in [0.717, 1.165) is 18.5 Å². The molecule has 21 heavy (non-hydrogen) atoms. The number of aliphatic hydroxyl groups excluding tert-OH is 1. The third-order valence-electron chi connectivity index (χ3n) is 4.34. The molecule has 0 saturated heterocycles. The lowest BCUT2D eigenvalue weighted by molar-refractivity contribution is 0.203. The van der Waals surface area contributed by atoms with Crippen molar-refractivity contribution in [2.24, 2.45) is 5.92 Å². The summed E-state index contributed by atoms with van der Waals surface area (Å²) in [6.45, 7) is 1.86. The number of rotatable bonds is 5. The molecule has 1 aromatic carbocycles. The van der Waals surface area contributed by atoms with E-state index < -0.39 is 9.84 Å². The van der Waals surface area contributed by atoms with Gasteiger partial charge in [0.1, 0.15) is 0 Å². The van der Waals surface area contributed by atoms with Crippen molar-refractivity contribution in [2.75, 3.05) is 17.7 Å². The highest BCUT2D eigenvalue weighted by atomic mass is 32.2. The van der Waals surface area contributed by atoms with E-state index in [0.29, 0.717) is 4.90 Å². The average Bonchev–Trinajstić information content (AvgIpc) is 2.73. The Morgan fingerprint density at radius 1 is 1.14 bits per heavy atom. The minimum Gasteiger partial charge on any atom is -0.396 e. The first-order chi connectivity index (χ1) is 10.1. The molecule has 0 aromatic heterocycles. The molecule has 0 unspecified atom stereocenters. The zero-order valence-corrected chi connectivity index (χ0v) is 13.4. The fourth-order valence-electron chi connectivity index (χ4n) is 2.93. The molecule has 1 aliphatic rings. The van der Waals surface area contributed by atoms with E-state index in [1.165, 1.54) is 19.3 Å². The molecule has 0 spiro atoms. The average molecular weight is 311 g/mol. The fraction of sp³-hybridized carbons (Fsp3) is 0.625. The molecule has 2 N–H and O–H groups in total. The molecule has 0 aliphatic heterocycles. The summed E-state index contributed by atoms with van der Waals surface area (Å²) in [7, 11) is -3.14. The third kappa shape index (κ3) is 4.20. The fourth-order valence-corrected chi connectivity index (χ4v) is 3.82. The number of benzene rings is 1. The first-order valence-electron chi connectivity index (χ1n) is 7.77. The number of hydrogen-bond acceptors (Lipinski definition) is 4. The zero-order valence-electron chi connectivity index (χ0n) is 12.6. The van der Waals surface area contributed by atoms with Crippen molar-refractivity contribution < 1.29 is 13.5 Å². The highest BCUT2D eigenvalue weighted by Gasteiger charge is 2.23. The van der Waals surface area contributed by atoms with Crippen LogP contribution in [0.3, 0.4) is 0 Å². The van der Waals surface area contributed by atoms with Gasteiger partial charge in [-0.25, -0.2) is 8.42 Å². The van der Waals surface area contributed by atoms with Crippen LogP contribution in [0.25, 0.3) is 0 Å². The van der Waals surface area contributed by atoms with E-state index in [9.17, 15) is 13.5 Å². The minimum atomic E-state index is -3.14. The molecule has 0 radical (unpaired) electrons. The molecule has 1 aliphatic carbocycles. The Bertz CT molecular complexity index is 539. The predicted molar refractivity (Wildman–Crippen MR) is 85.2 cm³/mol. The molecule has 5 heteroatoms. The van der Waals surface area contributed by atoms with Gasteiger partial charge in [0.2, 0.25) is 0 Å². The monoisotopic (exact) mass is 311 g/mol. The molecule has 2 rings (SSSR count). The largest absolute Gasteiger partial charge is 0.396 e. The van der Waals surface area contributed by atoms with Gasteiger partial charge in [-0.05, 0) is 37.1 Å². The first kappa shape index (κ1) is 16.3. The summed E-state index contributed by atoms with van der Waals surface area (Å²) in [6, 6.07) is 7.23. The van der Waals surface area contributed by atoms with Gasteiger partial charge in [0, 0.05) is 24.3 Å². The number of anilines is 1. The Kier molecular flexibility index (Phi) is 5.65. The summed E-state index contributed by atoms with van der Waals surface area (Å²) < 4.78 is 23.6. The van der Waals surface area contributed by atoms with Crippen LogP contribution in [0.15, 0.2) is 29.2 Å². The quantitative estimate of drug-likeness (QED) is 0.821. The molecule has 0 bridgehead atoms. The van der Waals surface area contributed by atoms with Gasteiger partial charge >= 0.3 is 0 Å². The van der Waals surface area contributed by atoms with E-state index in [1.54, 1.807) is 19.1 Å². The van der Waals surface area contributed by atoms with Crippen molar-refractivity contribution in [1.29, 1.82) is 0 Å². The minimum absolute atomic E-state index is 0.120. The smallest absolute Gasteiger partial charge is 0.178 e. The van der Waals surface area contributed by atoms with Crippen molar-refractivity contribution >= 4 is 15.5 Å². The molecule has 4 nitrogen and oxygen atoms in total. The van der Waals surface area contributed by atoms with Crippen molar-refractivity contribution in [3.05, 3.63) is 24.3 Å². The third-order valence-corrected chi connectivity index (χ3v) is 6.09. The normalized spacial score (nSPS) is 23.5. The number of sulfone groups is 1. The number of aliphatic hydroxyl groups is 1. The molecular formula is C16H25NO3S. The topological polar surface area (TPSA) is 66.4 Å². The molecule has 2 atom stereocenters. The van der Waals surface area contributed by atoms with E-state index in [1.807, 2.05) is 12.1 Å². The Morgan fingerprint density at radius 3 is 2.43 bits per heavy atom. The van der Waals surface area contributed by atoms with Gasteiger partial charge in [0.05, 0.1) is 10.6 Å². The van der Waals surface area contributed by atoms with Crippen LogP contribution >= 0.6 is 0 Å². The van der Waals surface area contributed by atoms with Crippen LogP contribution < -0.4 is 5.32 Å². The van der Waals surface area contributed by atoms with Crippen LogP contribution in [0.2, 0.25) is 0 Å². The Labute approximate surface area is 127 Å². The Morgan fingerprint density at radius 2 is 1.81 bits per heavy atom. The Balaban J connectivity index is 2.08. The van der Waals surface area contributed by atoms with Gasteiger partial charge in [-0.1, -0.05) is 26.2 Å². The van der Waals surface area contributed by atoms with E-state index in [2.05, 4.69) is 5.32 Å². The molecule has 0 heterocycles. The lowest BCUT2D eigenvalue weighted by atomic mass is 9.95. The van der Waals surface area contributed by atoms with Gasteiger partial charge in [0.15, 0.2) is 9.84 Å². The number of hydrogen-bond donors (Lipinski definition) is 2. The molecule has 0 amide bonds. The van der Waals surface area contributed by atoms with E-state index >= 15 is 0 Å². The van der Waals surface area contributed by atoms with Crippen LogP contribution in [-0.4, -0.2) is 31.9 Å². The lowest BCUT2D eigenvalue weighted by Gasteiger charge is -2.25. The SMILES string of the molecule is CCS(=O)(=O)c1ccc(N[C@H]2CCCCC[C@H]2CO)cc1. The van der Waals surface area contributed by atoms with Gasteiger partial charge < -0.3 is 10.4 Å². The maximum absolute atomic E-state index is 11.8. The van der Waals surface area contributed by atoms with Crippen LogP contribution in [0.5, 0.6) is 0 Å². The van der Waals surface area contributed by atoms with Gasteiger partial charge in [0.25, 0.3) is 0 Å². The first-order valence-corrected chi connectivity index (χ1v) is 9.42. The van der Waals surface area contributed by atoms with Gasteiger partial charge in [-0.3, -0.25) is 0 Å². The summed E-state index contributed by atoms with van der Waals surface area (Å²) in [4.78, 5) is 0.370. The van der Waals surface area contributed by atoms with Gasteiger partial charge in [-0.15, -0.1) is 0 Å². The summed E-state index contributed by atoms with van der Waals surface area (Å²) in [5, 5.41) is 13.0. The second-order valence-corrected chi connectivity index (χ2v) is 8.04. The van der Waals surface area contributed by atoms with Crippen LogP contribution in [0, 0.1) is 5.92 Å². The highest BCUT2D eigenvalue weighted by molar-refractivity contribution is 7.91.